The number of rotatable bonds is 4. The van der Waals surface area contributed by atoms with Crippen molar-refractivity contribution in [2.75, 3.05) is 37.6 Å². The van der Waals surface area contributed by atoms with Gasteiger partial charge in [0.25, 0.3) is 15.6 Å². The van der Waals surface area contributed by atoms with Crippen LogP contribution in [-0.2, 0) is 21.9 Å². The van der Waals surface area contributed by atoms with Gasteiger partial charge >= 0.3 is 0 Å². The second kappa shape index (κ2) is 9.51. The second-order valence-electron chi connectivity index (χ2n) is 9.16. The van der Waals surface area contributed by atoms with E-state index in [2.05, 4.69) is 10.1 Å². The highest BCUT2D eigenvalue weighted by Crippen LogP contribution is 2.28. The predicted molar refractivity (Wildman–Crippen MR) is 134 cm³/mol. The number of halogens is 1. The quantitative estimate of drug-likeness (QED) is 0.510. The first kappa shape index (κ1) is 24.8. The molecule has 0 radical (unpaired) electrons. The van der Waals surface area contributed by atoms with Crippen molar-refractivity contribution in [3.63, 3.8) is 0 Å². The van der Waals surface area contributed by atoms with Crippen LogP contribution in [0.4, 0.5) is 5.82 Å². The topological polar surface area (TPSA) is 132 Å². The summed E-state index contributed by atoms with van der Waals surface area (Å²) in [7, 11) is -2.40. The maximum atomic E-state index is 13.2. The lowest BCUT2D eigenvalue weighted by Crippen LogP contribution is -2.57. The number of nitrogens with one attached hydrogen (secondary N) is 1. The van der Waals surface area contributed by atoms with Gasteiger partial charge in [0.1, 0.15) is 17.1 Å². The van der Waals surface area contributed by atoms with Crippen molar-refractivity contribution in [2.45, 2.75) is 24.1 Å². The monoisotopic (exact) mass is 534 g/mol. The molecule has 11 nitrogen and oxygen atoms in total. The Kier molecular flexibility index (Phi) is 6.54. The number of aryl methyl sites for hydroxylation is 1. The summed E-state index contributed by atoms with van der Waals surface area (Å²) in [5.74, 6) is 0.388. The number of carbonyl (C=O) groups excluding carboxylic acids is 1. The molecule has 2 aliphatic rings. The molecule has 3 aromatic rings. The molecule has 1 unspecified atom stereocenters. The van der Waals surface area contributed by atoms with Crippen LogP contribution in [0.2, 0.25) is 5.02 Å². The van der Waals surface area contributed by atoms with Gasteiger partial charge in [-0.1, -0.05) is 11.6 Å². The van der Waals surface area contributed by atoms with E-state index in [0.29, 0.717) is 47.7 Å². The number of fused-ring (bicyclic) bond motifs is 1. The average Bonchev–Trinajstić information content (AvgIpc) is 3.29. The Morgan fingerprint density at radius 1 is 1.11 bits per heavy atom. The number of piperazine rings is 1. The average molecular weight is 535 g/mol. The van der Waals surface area contributed by atoms with Crippen LogP contribution in [0.25, 0.3) is 10.9 Å². The lowest BCUT2D eigenvalue weighted by atomic mass is 9.95. The molecule has 192 valence electrons. The summed E-state index contributed by atoms with van der Waals surface area (Å²) in [6, 6.07) is 9.68. The van der Waals surface area contributed by atoms with E-state index in [-0.39, 0.29) is 42.0 Å². The van der Waals surface area contributed by atoms with Gasteiger partial charge in [-0.15, -0.1) is 0 Å². The number of aromatic nitrogens is 3. The number of hydrogen-bond donors (Lipinski definition) is 2. The number of aromatic amines is 1. The molecule has 1 amide bonds. The van der Waals surface area contributed by atoms with Crippen molar-refractivity contribution in [2.24, 2.45) is 13.0 Å². The van der Waals surface area contributed by atoms with Gasteiger partial charge in [0.15, 0.2) is 0 Å². The molecule has 0 saturated carbocycles. The summed E-state index contributed by atoms with van der Waals surface area (Å²) in [5.41, 5.74) is 0.443. The molecule has 0 bridgehead atoms. The zero-order chi connectivity index (χ0) is 25.6. The van der Waals surface area contributed by atoms with Crippen molar-refractivity contribution in [3.05, 3.63) is 51.8 Å². The van der Waals surface area contributed by atoms with Crippen molar-refractivity contribution in [1.82, 2.24) is 24.0 Å². The minimum absolute atomic E-state index is 0.00777. The molecule has 13 heteroatoms. The molecule has 2 fully saturated rings. The highest BCUT2D eigenvalue weighted by Gasteiger charge is 2.39. The zero-order valence-corrected chi connectivity index (χ0v) is 21.2. The van der Waals surface area contributed by atoms with Gasteiger partial charge in [-0.3, -0.25) is 9.59 Å². The minimum atomic E-state index is -4.00. The molecule has 2 aromatic heterocycles. The Labute approximate surface area is 212 Å². The number of nitrogens with zero attached hydrogens (tertiary/aromatic N) is 5. The molecule has 1 aromatic carbocycles. The Balaban J connectivity index is 1.21. The number of amides is 1. The molecule has 4 heterocycles. The van der Waals surface area contributed by atoms with E-state index < -0.39 is 16.3 Å². The molecule has 0 aliphatic carbocycles. The third kappa shape index (κ3) is 4.61. The number of anilines is 1. The summed E-state index contributed by atoms with van der Waals surface area (Å²) in [6.07, 6.45) is -0.136. The number of piperidine rings is 1. The molecule has 0 spiro atoms. The number of hydrogen-bond acceptors (Lipinski definition) is 7. The Morgan fingerprint density at radius 2 is 1.86 bits per heavy atom. The first-order valence-electron chi connectivity index (χ1n) is 11.7. The SMILES string of the molecule is Cn1nc(N2CCC(C(=O)N3CCN(S(=O)(=O)c4cc5cc(Cl)ccc5[nH]4)C(O)C3)CC2)ccc1=O. The van der Waals surface area contributed by atoms with Gasteiger partial charge in [0.2, 0.25) is 5.91 Å². The van der Waals surface area contributed by atoms with Crippen LogP contribution in [-0.4, -0.2) is 82.4 Å². The largest absolute Gasteiger partial charge is 0.375 e. The van der Waals surface area contributed by atoms with E-state index in [9.17, 15) is 23.1 Å². The number of H-pyrrole nitrogens is 1. The lowest BCUT2D eigenvalue weighted by Gasteiger charge is -2.40. The highest BCUT2D eigenvalue weighted by molar-refractivity contribution is 7.89. The second-order valence-corrected chi connectivity index (χ2v) is 11.5. The number of aliphatic hydroxyl groups is 1. The standard InChI is InChI=1S/C23H27ClN6O5S/c1-27-21(31)5-4-19(26-27)28-8-6-15(7-9-28)23(33)29-10-11-30(22(32)14-29)36(34,35)20-13-16-12-17(24)2-3-18(16)25-20/h2-5,12-13,15,22,25,32H,6-11,14H2,1H3. The minimum Gasteiger partial charge on any atom is -0.375 e. The third-order valence-electron chi connectivity index (χ3n) is 6.88. The van der Waals surface area contributed by atoms with E-state index >= 15 is 0 Å². The molecule has 36 heavy (non-hydrogen) atoms. The number of β-amino-alcohol motifs (C(OH)–C–C–N with tert-alkyl or cyclic N) is 1. The molecule has 2 aliphatic heterocycles. The fraction of sp³-hybridized carbons (Fsp3) is 0.435. The third-order valence-corrected chi connectivity index (χ3v) is 8.93. The molecule has 1 atom stereocenters. The van der Waals surface area contributed by atoms with E-state index in [1.807, 2.05) is 4.90 Å². The van der Waals surface area contributed by atoms with E-state index in [1.165, 1.54) is 16.8 Å². The first-order chi connectivity index (χ1) is 17.1. The molecule has 2 N–H and O–H groups in total. The molecular weight excluding hydrogens is 508 g/mol. The van der Waals surface area contributed by atoms with Crippen LogP contribution in [0.3, 0.4) is 0 Å². The number of sulfonamides is 1. The predicted octanol–water partition coefficient (Wildman–Crippen LogP) is 0.983. The maximum Gasteiger partial charge on any atom is 0.266 e. The van der Waals surface area contributed by atoms with Crippen molar-refractivity contribution >= 4 is 44.3 Å². The summed E-state index contributed by atoms with van der Waals surface area (Å²) in [4.78, 5) is 31.2. The molecule has 2 saturated heterocycles. The van der Waals surface area contributed by atoms with Crippen molar-refractivity contribution < 1.29 is 18.3 Å². The van der Waals surface area contributed by atoms with E-state index in [1.54, 1.807) is 36.2 Å². The normalized spacial score (nSPS) is 20.2. The van der Waals surface area contributed by atoms with Gasteiger partial charge in [-0.25, -0.2) is 13.1 Å². The van der Waals surface area contributed by atoms with Crippen molar-refractivity contribution in [1.29, 1.82) is 0 Å². The number of carbonyl (C=O) groups is 1. The number of aliphatic hydroxyl groups excluding tert-OH is 1. The highest BCUT2D eigenvalue weighted by atomic mass is 35.5. The van der Waals surface area contributed by atoms with Crippen LogP contribution < -0.4 is 10.5 Å². The number of benzene rings is 1. The fourth-order valence-electron chi connectivity index (χ4n) is 4.84. The van der Waals surface area contributed by atoms with Gasteiger partial charge in [-0.2, -0.15) is 9.40 Å². The van der Waals surface area contributed by atoms with Crippen LogP contribution in [0.1, 0.15) is 12.8 Å². The lowest BCUT2D eigenvalue weighted by molar-refractivity contribution is -0.142. The van der Waals surface area contributed by atoms with Crippen LogP contribution in [0.5, 0.6) is 0 Å². The van der Waals surface area contributed by atoms with Crippen LogP contribution in [0, 0.1) is 5.92 Å². The summed E-state index contributed by atoms with van der Waals surface area (Å²) in [6.45, 7) is 1.33. The van der Waals surface area contributed by atoms with Gasteiger partial charge < -0.3 is 19.9 Å². The molecule has 5 rings (SSSR count). The van der Waals surface area contributed by atoms with Gasteiger partial charge in [-0.05, 0) is 43.2 Å². The Hall–Kier alpha value is -2.93. The first-order valence-corrected chi connectivity index (χ1v) is 13.5. The van der Waals surface area contributed by atoms with Crippen LogP contribution in [0.15, 0.2) is 46.2 Å². The van der Waals surface area contributed by atoms with Gasteiger partial charge in [0.05, 0.1) is 6.54 Å². The maximum absolute atomic E-state index is 13.2. The van der Waals surface area contributed by atoms with E-state index in [4.69, 9.17) is 11.6 Å². The Bertz CT molecular complexity index is 1460. The van der Waals surface area contributed by atoms with E-state index in [0.717, 1.165) is 4.31 Å². The summed E-state index contributed by atoms with van der Waals surface area (Å²) in [5, 5.41) is 16.1. The zero-order valence-electron chi connectivity index (χ0n) is 19.7. The fourth-order valence-corrected chi connectivity index (χ4v) is 6.50. The smallest absolute Gasteiger partial charge is 0.266 e. The van der Waals surface area contributed by atoms with Gasteiger partial charge in [0, 0.05) is 61.1 Å². The summed E-state index contributed by atoms with van der Waals surface area (Å²) >= 11 is 6.01. The summed E-state index contributed by atoms with van der Waals surface area (Å²) < 4.78 is 28.7. The van der Waals surface area contributed by atoms with Crippen molar-refractivity contribution in [3.8, 4) is 0 Å². The molecular formula is C23H27ClN6O5S. The Morgan fingerprint density at radius 3 is 2.56 bits per heavy atom. The van der Waals surface area contributed by atoms with Crippen LogP contribution >= 0.6 is 11.6 Å².